The van der Waals surface area contributed by atoms with Crippen LogP contribution in [0.4, 0.5) is 17.5 Å². The number of rotatable bonds is 8. The molecule has 5 heteroatoms. The highest BCUT2D eigenvalue weighted by Gasteiger charge is 2.28. The number of anilines is 3. The van der Waals surface area contributed by atoms with Crippen LogP contribution in [0.15, 0.2) is 42.5 Å². The molecule has 0 N–H and O–H groups in total. The summed E-state index contributed by atoms with van der Waals surface area (Å²) in [7, 11) is 0. The lowest BCUT2D eigenvalue weighted by Gasteiger charge is -2.33. The molecule has 5 rings (SSSR count). The summed E-state index contributed by atoms with van der Waals surface area (Å²) in [4.78, 5) is 17.7. The van der Waals surface area contributed by atoms with Crippen molar-refractivity contribution < 1.29 is 0 Å². The number of likely N-dealkylation sites (tertiary alicyclic amines) is 1. The fourth-order valence-corrected chi connectivity index (χ4v) is 6.42. The van der Waals surface area contributed by atoms with Gasteiger partial charge in [0.25, 0.3) is 0 Å². The van der Waals surface area contributed by atoms with Crippen LogP contribution in [0.25, 0.3) is 0 Å². The van der Waals surface area contributed by atoms with Gasteiger partial charge in [-0.3, -0.25) is 4.90 Å². The highest BCUT2D eigenvalue weighted by Crippen LogP contribution is 2.35. The first kappa shape index (κ1) is 25.7. The number of aryl methyl sites for hydroxylation is 4. The standard InChI is InChI=1S/C32H43N5/c1-6-37(30-24(3)20-23(2)21-25(30)4)32-33-26(5)29-15-19-36(31(29)34-32)18-14-27-12-16-35(17-13-27)22-28-10-8-7-9-11-28/h7-11,20-21,27H,6,12-19,22H2,1-5H3. The Bertz CT molecular complexity index is 1190. The Morgan fingerprint density at radius 2 is 1.62 bits per heavy atom. The largest absolute Gasteiger partial charge is 0.356 e. The molecule has 0 amide bonds. The van der Waals surface area contributed by atoms with Crippen molar-refractivity contribution in [1.29, 1.82) is 0 Å². The Morgan fingerprint density at radius 3 is 2.30 bits per heavy atom. The van der Waals surface area contributed by atoms with Crippen LogP contribution in [0.3, 0.4) is 0 Å². The molecule has 0 aliphatic carbocycles. The lowest BCUT2D eigenvalue weighted by Crippen LogP contribution is -2.34. The van der Waals surface area contributed by atoms with Crippen LogP contribution >= 0.6 is 0 Å². The van der Waals surface area contributed by atoms with Crippen molar-refractivity contribution in [3.8, 4) is 0 Å². The van der Waals surface area contributed by atoms with Gasteiger partial charge in [-0.2, -0.15) is 4.98 Å². The zero-order valence-corrected chi connectivity index (χ0v) is 23.4. The van der Waals surface area contributed by atoms with Crippen molar-refractivity contribution in [1.82, 2.24) is 14.9 Å². The van der Waals surface area contributed by atoms with Crippen LogP contribution in [0.5, 0.6) is 0 Å². The molecule has 0 unspecified atom stereocenters. The first-order valence-corrected chi connectivity index (χ1v) is 14.2. The van der Waals surface area contributed by atoms with Crippen LogP contribution in [0.1, 0.15) is 59.7 Å². The molecule has 0 spiro atoms. The molecule has 0 atom stereocenters. The van der Waals surface area contributed by atoms with Gasteiger partial charge in [-0.25, -0.2) is 4.98 Å². The van der Waals surface area contributed by atoms with Crippen LogP contribution in [0, 0.1) is 33.6 Å². The fourth-order valence-electron chi connectivity index (χ4n) is 6.42. The lowest BCUT2D eigenvalue weighted by molar-refractivity contribution is 0.173. The van der Waals surface area contributed by atoms with E-state index in [1.165, 1.54) is 71.7 Å². The van der Waals surface area contributed by atoms with Gasteiger partial charge in [0.05, 0.1) is 0 Å². The number of fused-ring (bicyclic) bond motifs is 1. The first-order valence-electron chi connectivity index (χ1n) is 14.2. The smallest absolute Gasteiger partial charge is 0.232 e. The van der Waals surface area contributed by atoms with E-state index in [1.807, 2.05) is 0 Å². The number of benzene rings is 2. The summed E-state index contributed by atoms with van der Waals surface area (Å²) in [6, 6.07) is 15.4. The summed E-state index contributed by atoms with van der Waals surface area (Å²) < 4.78 is 0. The second kappa shape index (κ2) is 11.2. The average molecular weight is 498 g/mol. The normalized spacial score (nSPS) is 16.3. The molecule has 196 valence electrons. The monoisotopic (exact) mass is 497 g/mol. The van der Waals surface area contributed by atoms with Gasteiger partial charge in [-0.05, 0) is 96.0 Å². The summed E-state index contributed by atoms with van der Waals surface area (Å²) in [5.41, 5.74) is 9.04. The van der Waals surface area contributed by atoms with Gasteiger partial charge in [0.15, 0.2) is 0 Å². The molecular formula is C32H43N5. The Labute approximate surface area is 223 Å². The van der Waals surface area contributed by atoms with Crippen LogP contribution in [-0.2, 0) is 13.0 Å². The molecule has 5 nitrogen and oxygen atoms in total. The Hall–Kier alpha value is -2.92. The Kier molecular flexibility index (Phi) is 7.80. The van der Waals surface area contributed by atoms with Gasteiger partial charge in [-0.15, -0.1) is 0 Å². The van der Waals surface area contributed by atoms with E-state index >= 15 is 0 Å². The van der Waals surface area contributed by atoms with Crippen molar-refractivity contribution in [2.45, 2.75) is 66.8 Å². The number of hydrogen-bond donors (Lipinski definition) is 0. The van der Waals surface area contributed by atoms with Crippen molar-refractivity contribution in [2.75, 3.05) is 42.5 Å². The topological polar surface area (TPSA) is 35.5 Å². The van der Waals surface area contributed by atoms with Crippen LogP contribution in [-0.4, -0.2) is 47.6 Å². The van der Waals surface area contributed by atoms with Crippen molar-refractivity contribution in [3.63, 3.8) is 0 Å². The van der Waals surface area contributed by atoms with E-state index in [0.717, 1.165) is 50.2 Å². The third kappa shape index (κ3) is 5.67. The molecule has 0 bridgehead atoms. The second-order valence-electron chi connectivity index (χ2n) is 11.1. The Balaban J connectivity index is 1.25. The highest BCUT2D eigenvalue weighted by molar-refractivity contribution is 5.68. The molecule has 2 aromatic carbocycles. The Morgan fingerprint density at radius 1 is 0.919 bits per heavy atom. The summed E-state index contributed by atoms with van der Waals surface area (Å²) in [5, 5.41) is 0. The zero-order chi connectivity index (χ0) is 25.9. The van der Waals surface area contributed by atoms with Crippen molar-refractivity contribution >= 4 is 17.5 Å². The summed E-state index contributed by atoms with van der Waals surface area (Å²) in [6.45, 7) is 17.5. The molecule has 0 radical (unpaired) electrons. The van der Waals surface area contributed by atoms with Gasteiger partial charge in [0.1, 0.15) is 5.82 Å². The van der Waals surface area contributed by atoms with Gasteiger partial charge >= 0.3 is 0 Å². The first-order chi connectivity index (χ1) is 17.9. The third-order valence-electron chi connectivity index (χ3n) is 8.34. The van der Waals surface area contributed by atoms with Gasteiger partial charge < -0.3 is 9.80 Å². The van der Waals surface area contributed by atoms with Gasteiger partial charge in [-0.1, -0.05) is 48.0 Å². The lowest BCUT2D eigenvalue weighted by atomic mass is 9.93. The summed E-state index contributed by atoms with van der Waals surface area (Å²) >= 11 is 0. The molecule has 0 saturated carbocycles. The third-order valence-corrected chi connectivity index (χ3v) is 8.34. The molecule has 37 heavy (non-hydrogen) atoms. The second-order valence-corrected chi connectivity index (χ2v) is 11.1. The predicted molar refractivity (Wildman–Crippen MR) is 155 cm³/mol. The number of hydrogen-bond acceptors (Lipinski definition) is 5. The van der Waals surface area contributed by atoms with E-state index in [4.69, 9.17) is 9.97 Å². The van der Waals surface area contributed by atoms with Crippen molar-refractivity contribution in [3.05, 3.63) is 76.0 Å². The molecule has 3 heterocycles. The van der Waals surface area contributed by atoms with E-state index in [-0.39, 0.29) is 0 Å². The zero-order valence-electron chi connectivity index (χ0n) is 23.4. The number of piperidine rings is 1. The predicted octanol–water partition coefficient (Wildman–Crippen LogP) is 6.53. The van der Waals surface area contributed by atoms with E-state index in [1.54, 1.807) is 0 Å². The summed E-state index contributed by atoms with van der Waals surface area (Å²) in [5.74, 6) is 2.82. The number of aromatic nitrogens is 2. The highest BCUT2D eigenvalue weighted by atomic mass is 15.3. The minimum absolute atomic E-state index is 0.809. The van der Waals surface area contributed by atoms with Crippen molar-refractivity contribution in [2.24, 2.45) is 5.92 Å². The quantitative estimate of drug-likeness (QED) is 0.353. The maximum atomic E-state index is 5.20. The summed E-state index contributed by atoms with van der Waals surface area (Å²) in [6.07, 6.45) is 4.92. The van der Waals surface area contributed by atoms with Gasteiger partial charge in [0, 0.05) is 43.1 Å². The maximum Gasteiger partial charge on any atom is 0.232 e. The molecule has 1 aromatic heterocycles. The van der Waals surface area contributed by atoms with Crippen LogP contribution < -0.4 is 9.80 Å². The SMILES string of the molecule is CCN(c1nc(C)c2c(n1)N(CCC1CCN(Cc3ccccc3)CC1)CC2)c1c(C)cc(C)cc1C. The fraction of sp³-hybridized carbons (Fsp3) is 0.500. The number of nitrogens with zero attached hydrogens (tertiary/aromatic N) is 5. The molecular weight excluding hydrogens is 454 g/mol. The van der Waals surface area contributed by atoms with Crippen LogP contribution in [0.2, 0.25) is 0 Å². The molecule has 3 aromatic rings. The van der Waals surface area contributed by atoms with E-state index in [9.17, 15) is 0 Å². The van der Waals surface area contributed by atoms with Gasteiger partial charge in [0.2, 0.25) is 5.95 Å². The molecule has 1 fully saturated rings. The molecule has 2 aliphatic heterocycles. The minimum Gasteiger partial charge on any atom is -0.356 e. The molecule has 1 saturated heterocycles. The molecule has 2 aliphatic rings. The minimum atomic E-state index is 0.809. The van der Waals surface area contributed by atoms with E-state index in [0.29, 0.717) is 0 Å². The average Bonchev–Trinajstić information content (AvgIpc) is 3.30. The van der Waals surface area contributed by atoms with E-state index < -0.39 is 0 Å². The van der Waals surface area contributed by atoms with E-state index in [2.05, 4.69) is 91.8 Å². The maximum absolute atomic E-state index is 5.20.